The second-order valence-electron chi connectivity index (χ2n) is 5.96. The maximum Gasteiger partial charge on any atom is 0.130 e. The maximum absolute atomic E-state index is 9.78. The number of benzene rings is 1. The molecule has 1 N–H and O–H groups in total. The molecule has 3 atom stereocenters. The molecule has 0 saturated heterocycles. The smallest absolute Gasteiger partial charge is 0.130 e. The van der Waals surface area contributed by atoms with Gasteiger partial charge in [-0.1, -0.05) is 19.9 Å². The number of rotatable bonds is 7. The largest absolute Gasteiger partial charge is 0.488 e. The van der Waals surface area contributed by atoms with Crippen LogP contribution >= 0.6 is 0 Å². The lowest BCUT2D eigenvalue weighted by atomic mass is 9.88. The van der Waals surface area contributed by atoms with Crippen molar-refractivity contribution in [3.05, 3.63) is 29.3 Å². The van der Waals surface area contributed by atoms with Crippen LogP contribution in [0.4, 0.5) is 0 Å². The highest BCUT2D eigenvalue weighted by Crippen LogP contribution is 2.31. The molecule has 118 valence electrons. The van der Waals surface area contributed by atoms with Gasteiger partial charge in [0.15, 0.2) is 0 Å². The summed E-state index contributed by atoms with van der Waals surface area (Å²) in [7, 11) is 1.63. The first-order valence-electron chi connectivity index (χ1n) is 7.58. The molecule has 1 aliphatic carbocycles. The minimum Gasteiger partial charge on any atom is -0.488 e. The van der Waals surface area contributed by atoms with Crippen molar-refractivity contribution in [1.82, 2.24) is 0 Å². The van der Waals surface area contributed by atoms with E-state index in [1.807, 2.05) is 6.07 Å². The van der Waals surface area contributed by atoms with E-state index in [4.69, 9.17) is 14.2 Å². The first kappa shape index (κ1) is 16.3. The Morgan fingerprint density at radius 2 is 2.05 bits per heavy atom. The molecule has 0 radical (unpaired) electrons. The third-order valence-corrected chi connectivity index (χ3v) is 3.97. The molecule has 1 fully saturated rings. The second-order valence-corrected chi connectivity index (χ2v) is 5.96. The van der Waals surface area contributed by atoms with E-state index in [-0.39, 0.29) is 12.2 Å². The Kier molecular flexibility index (Phi) is 5.62. The molecule has 1 aliphatic rings. The first-order valence-corrected chi connectivity index (χ1v) is 7.58. The minimum atomic E-state index is -0.442. The van der Waals surface area contributed by atoms with Gasteiger partial charge in [-0.3, -0.25) is 0 Å². The van der Waals surface area contributed by atoms with E-state index in [0.717, 1.165) is 5.75 Å². The lowest BCUT2D eigenvalue weighted by Gasteiger charge is -2.40. The summed E-state index contributed by atoms with van der Waals surface area (Å²) in [5.41, 5.74) is 2.57. The molecule has 0 aliphatic heterocycles. The number of aryl methyl sites for hydroxylation is 1. The molecule has 0 amide bonds. The van der Waals surface area contributed by atoms with Gasteiger partial charge < -0.3 is 19.3 Å². The maximum atomic E-state index is 9.78. The van der Waals surface area contributed by atoms with Crippen molar-refractivity contribution in [3.63, 3.8) is 0 Å². The van der Waals surface area contributed by atoms with E-state index in [2.05, 4.69) is 32.9 Å². The minimum absolute atomic E-state index is 0.0823. The fraction of sp³-hybridized carbons (Fsp3) is 0.647. The van der Waals surface area contributed by atoms with Crippen LogP contribution in [0.15, 0.2) is 18.2 Å². The monoisotopic (exact) mass is 294 g/mol. The fourth-order valence-corrected chi connectivity index (χ4v) is 2.70. The van der Waals surface area contributed by atoms with Crippen LogP contribution in [0.25, 0.3) is 0 Å². The molecule has 0 spiro atoms. The van der Waals surface area contributed by atoms with E-state index in [1.54, 1.807) is 7.11 Å². The molecule has 21 heavy (non-hydrogen) atoms. The lowest BCUT2D eigenvalue weighted by Crippen LogP contribution is -2.55. The summed E-state index contributed by atoms with van der Waals surface area (Å²) in [6, 6.07) is 6.18. The summed E-state index contributed by atoms with van der Waals surface area (Å²) in [5, 5.41) is 9.78. The van der Waals surface area contributed by atoms with Gasteiger partial charge in [0.25, 0.3) is 0 Å². The highest BCUT2D eigenvalue weighted by molar-refractivity contribution is 5.36. The number of ether oxygens (including phenoxy) is 3. The fourth-order valence-electron chi connectivity index (χ4n) is 2.70. The first-order chi connectivity index (χ1) is 10.0. The van der Waals surface area contributed by atoms with E-state index in [0.29, 0.717) is 25.6 Å². The standard InChI is InChI=1S/C17H26O4/c1-11(2)14-6-5-13(9-12(14)3)21-16-10-15(18)17(16)20-8-7-19-4/h5-6,9,11,15-18H,7-8,10H2,1-4H3. The molecule has 0 bridgehead atoms. The molecular weight excluding hydrogens is 268 g/mol. The van der Waals surface area contributed by atoms with Crippen LogP contribution in [0.1, 0.15) is 37.3 Å². The van der Waals surface area contributed by atoms with Gasteiger partial charge in [-0.25, -0.2) is 0 Å². The summed E-state index contributed by atoms with van der Waals surface area (Å²) in [6.45, 7) is 7.47. The highest BCUT2D eigenvalue weighted by Gasteiger charge is 2.42. The lowest BCUT2D eigenvalue weighted by molar-refractivity contribution is -0.167. The Morgan fingerprint density at radius 3 is 2.62 bits per heavy atom. The van der Waals surface area contributed by atoms with Crippen LogP contribution in [0, 0.1) is 6.92 Å². The summed E-state index contributed by atoms with van der Waals surface area (Å²) in [5.74, 6) is 1.35. The van der Waals surface area contributed by atoms with Gasteiger partial charge in [-0.2, -0.15) is 0 Å². The number of hydrogen-bond acceptors (Lipinski definition) is 4. The number of aliphatic hydroxyl groups excluding tert-OH is 1. The third kappa shape index (κ3) is 3.96. The summed E-state index contributed by atoms with van der Waals surface area (Å²) < 4.78 is 16.5. The van der Waals surface area contributed by atoms with Gasteiger partial charge in [-0.05, 0) is 36.1 Å². The van der Waals surface area contributed by atoms with Crippen molar-refractivity contribution >= 4 is 0 Å². The Morgan fingerprint density at radius 1 is 1.29 bits per heavy atom. The SMILES string of the molecule is COCCOC1C(O)CC1Oc1ccc(C(C)C)c(C)c1. The van der Waals surface area contributed by atoms with Crippen molar-refractivity contribution in [3.8, 4) is 5.75 Å². The average molecular weight is 294 g/mol. The zero-order chi connectivity index (χ0) is 15.4. The summed E-state index contributed by atoms with van der Waals surface area (Å²) in [4.78, 5) is 0. The van der Waals surface area contributed by atoms with E-state index >= 15 is 0 Å². The average Bonchev–Trinajstić information content (AvgIpc) is 2.42. The van der Waals surface area contributed by atoms with Crippen LogP contribution < -0.4 is 4.74 Å². The van der Waals surface area contributed by atoms with Gasteiger partial charge in [0.2, 0.25) is 0 Å². The van der Waals surface area contributed by atoms with Crippen LogP contribution in [0.2, 0.25) is 0 Å². The van der Waals surface area contributed by atoms with Gasteiger partial charge >= 0.3 is 0 Å². The molecule has 1 saturated carbocycles. The third-order valence-electron chi connectivity index (χ3n) is 3.97. The van der Waals surface area contributed by atoms with Crippen molar-refractivity contribution in [2.45, 2.75) is 51.4 Å². The molecule has 3 unspecified atom stereocenters. The zero-order valence-corrected chi connectivity index (χ0v) is 13.3. The predicted octanol–water partition coefficient (Wildman–Crippen LogP) is 2.66. The number of aliphatic hydroxyl groups is 1. The van der Waals surface area contributed by atoms with Crippen molar-refractivity contribution in [1.29, 1.82) is 0 Å². The molecule has 4 nitrogen and oxygen atoms in total. The van der Waals surface area contributed by atoms with E-state index in [1.165, 1.54) is 11.1 Å². The molecule has 0 heterocycles. The van der Waals surface area contributed by atoms with Crippen LogP contribution in [0.5, 0.6) is 5.75 Å². The summed E-state index contributed by atoms with van der Waals surface area (Å²) in [6.07, 6.45) is -0.169. The summed E-state index contributed by atoms with van der Waals surface area (Å²) >= 11 is 0. The molecular formula is C17H26O4. The van der Waals surface area contributed by atoms with Gasteiger partial charge in [0.05, 0.1) is 19.3 Å². The van der Waals surface area contributed by atoms with Crippen LogP contribution in [0.3, 0.4) is 0 Å². The van der Waals surface area contributed by atoms with Crippen LogP contribution in [-0.2, 0) is 9.47 Å². The normalized spacial score (nSPS) is 25.0. The zero-order valence-electron chi connectivity index (χ0n) is 13.3. The second kappa shape index (κ2) is 7.25. The van der Waals surface area contributed by atoms with E-state index in [9.17, 15) is 5.11 Å². The van der Waals surface area contributed by atoms with E-state index < -0.39 is 6.10 Å². The predicted molar refractivity (Wildman–Crippen MR) is 81.9 cm³/mol. The van der Waals surface area contributed by atoms with Crippen LogP contribution in [-0.4, -0.2) is 43.7 Å². The van der Waals surface area contributed by atoms with Gasteiger partial charge in [0, 0.05) is 13.5 Å². The molecule has 2 rings (SSSR count). The van der Waals surface area contributed by atoms with Gasteiger partial charge in [-0.15, -0.1) is 0 Å². The quantitative estimate of drug-likeness (QED) is 0.785. The Labute approximate surface area is 127 Å². The van der Waals surface area contributed by atoms with Crippen molar-refractivity contribution < 1.29 is 19.3 Å². The van der Waals surface area contributed by atoms with Gasteiger partial charge in [0.1, 0.15) is 18.0 Å². The highest BCUT2D eigenvalue weighted by atomic mass is 16.6. The number of hydrogen-bond donors (Lipinski definition) is 1. The Balaban J connectivity index is 1.93. The molecule has 1 aromatic carbocycles. The Bertz CT molecular complexity index is 458. The van der Waals surface area contributed by atoms with Crippen molar-refractivity contribution in [2.24, 2.45) is 0 Å². The molecule has 0 aromatic heterocycles. The molecule has 1 aromatic rings. The topological polar surface area (TPSA) is 47.9 Å². The van der Waals surface area contributed by atoms with Crippen molar-refractivity contribution in [2.75, 3.05) is 20.3 Å². The molecule has 4 heteroatoms. The number of methoxy groups -OCH3 is 1. The Hall–Kier alpha value is -1.10.